The largest absolute Gasteiger partial charge is 0.444 e. The van der Waals surface area contributed by atoms with Crippen molar-refractivity contribution in [3.63, 3.8) is 0 Å². The van der Waals surface area contributed by atoms with E-state index < -0.39 is 17.7 Å². The van der Waals surface area contributed by atoms with Crippen LogP contribution in [0.15, 0.2) is 36.4 Å². The molecule has 11 heteroatoms. The van der Waals surface area contributed by atoms with E-state index in [4.69, 9.17) is 9.72 Å². The lowest BCUT2D eigenvalue weighted by molar-refractivity contribution is 0.0520. The number of piperazine rings is 1. The summed E-state index contributed by atoms with van der Waals surface area (Å²) in [7, 11) is 2.04. The summed E-state index contributed by atoms with van der Waals surface area (Å²) in [6, 6.07) is 10.7. The van der Waals surface area contributed by atoms with Gasteiger partial charge in [0.05, 0.1) is 10.9 Å². The van der Waals surface area contributed by atoms with Gasteiger partial charge in [0.25, 0.3) is 5.91 Å². The Balaban J connectivity index is 1.34. The predicted molar refractivity (Wildman–Crippen MR) is 184 cm³/mol. The zero-order valence-corrected chi connectivity index (χ0v) is 29.0. The summed E-state index contributed by atoms with van der Waals surface area (Å²) in [5.74, 6) is 0.345. The van der Waals surface area contributed by atoms with E-state index in [1.807, 2.05) is 37.4 Å². The van der Waals surface area contributed by atoms with Crippen molar-refractivity contribution in [2.75, 3.05) is 45.1 Å². The molecule has 0 unspecified atom stereocenters. The average molecular weight is 649 g/mol. The minimum atomic E-state index is -0.660. The number of nitrogens with one attached hydrogen (secondary N) is 3. The van der Waals surface area contributed by atoms with Crippen molar-refractivity contribution in [1.82, 2.24) is 25.4 Å². The van der Waals surface area contributed by atoms with Crippen LogP contribution in [-0.4, -0.2) is 78.2 Å². The first-order valence-electron chi connectivity index (χ1n) is 16.2. The number of aryl methyl sites for hydroxylation is 1. The third-order valence-corrected chi connectivity index (χ3v) is 9.85. The van der Waals surface area contributed by atoms with Crippen LogP contribution in [0.4, 0.5) is 15.3 Å². The lowest BCUT2D eigenvalue weighted by atomic mass is 9.71. The van der Waals surface area contributed by atoms with Crippen molar-refractivity contribution in [2.45, 2.75) is 72.4 Å². The summed E-state index contributed by atoms with van der Waals surface area (Å²) in [4.78, 5) is 49.6. The molecule has 4 amide bonds. The summed E-state index contributed by atoms with van der Waals surface area (Å²) < 4.78 is 5.45. The molecule has 0 radical (unpaired) electrons. The van der Waals surface area contributed by atoms with E-state index in [9.17, 15) is 14.4 Å². The lowest BCUT2D eigenvalue weighted by Crippen LogP contribution is -2.48. The molecule has 0 spiro atoms. The number of fused-ring (bicyclic) bond motifs is 2. The van der Waals surface area contributed by atoms with Gasteiger partial charge in [-0.05, 0) is 93.8 Å². The van der Waals surface area contributed by atoms with Crippen LogP contribution in [0.2, 0.25) is 0 Å². The Hall–Kier alpha value is -3.70. The summed E-state index contributed by atoms with van der Waals surface area (Å²) in [5, 5.41) is 9.89. The van der Waals surface area contributed by atoms with Crippen molar-refractivity contribution in [3.8, 4) is 0 Å². The molecule has 0 saturated carbocycles. The highest BCUT2D eigenvalue weighted by Crippen LogP contribution is 2.38. The van der Waals surface area contributed by atoms with Gasteiger partial charge in [-0.1, -0.05) is 32.9 Å². The van der Waals surface area contributed by atoms with Crippen LogP contribution in [0.3, 0.4) is 0 Å². The van der Waals surface area contributed by atoms with Crippen LogP contribution in [0, 0.1) is 11.3 Å². The zero-order chi connectivity index (χ0) is 33.2. The molecule has 3 heterocycles. The number of nitrogens with zero attached hydrogens (tertiary/aromatic N) is 3. The maximum Gasteiger partial charge on any atom is 0.407 e. The summed E-state index contributed by atoms with van der Waals surface area (Å²) in [6.45, 7) is 15.4. The molecule has 1 saturated heterocycles. The van der Waals surface area contributed by atoms with Gasteiger partial charge in [-0.3, -0.25) is 4.79 Å². The molecule has 46 heavy (non-hydrogen) atoms. The summed E-state index contributed by atoms with van der Waals surface area (Å²) in [5.41, 5.74) is 3.34. The molecule has 1 fully saturated rings. The fourth-order valence-corrected chi connectivity index (χ4v) is 6.94. The van der Waals surface area contributed by atoms with Crippen LogP contribution in [0.25, 0.3) is 10.2 Å². The van der Waals surface area contributed by atoms with Gasteiger partial charge in [0.2, 0.25) is 0 Å². The lowest BCUT2D eigenvalue weighted by Gasteiger charge is -2.34. The van der Waals surface area contributed by atoms with Crippen molar-refractivity contribution >= 4 is 45.3 Å². The van der Waals surface area contributed by atoms with E-state index in [0.717, 1.165) is 53.8 Å². The van der Waals surface area contributed by atoms with E-state index in [2.05, 4.69) is 47.7 Å². The molecule has 2 atom stereocenters. The molecule has 2 aliphatic rings. The first kappa shape index (κ1) is 33.7. The molecule has 1 aromatic carbocycles. The first-order valence-corrected chi connectivity index (χ1v) is 17.0. The molecular weight excluding hydrogens is 600 g/mol. The van der Waals surface area contributed by atoms with E-state index in [-0.39, 0.29) is 23.9 Å². The number of rotatable bonds is 6. The number of hydrogen-bond acceptors (Lipinski definition) is 7. The van der Waals surface area contributed by atoms with Crippen molar-refractivity contribution in [3.05, 3.63) is 58.1 Å². The second-order valence-electron chi connectivity index (χ2n) is 14.7. The number of amides is 4. The van der Waals surface area contributed by atoms with Gasteiger partial charge in [-0.25, -0.2) is 14.6 Å². The number of hydrogen-bond donors (Lipinski definition) is 3. The van der Waals surface area contributed by atoms with Crippen LogP contribution >= 0.6 is 11.3 Å². The predicted octanol–water partition coefficient (Wildman–Crippen LogP) is 6.22. The number of carbonyl (C=O) groups excluding carboxylic acids is 3. The molecule has 5 rings (SSSR count). The second kappa shape index (κ2) is 13.6. The van der Waals surface area contributed by atoms with Gasteiger partial charge >= 0.3 is 12.1 Å². The molecule has 248 valence electrons. The second-order valence-corrected chi connectivity index (χ2v) is 15.7. The standard InChI is InChI=1S/C35H48N6O4S/c1-34(2,3)25-11-12-27-23(18-25)17-24-20-29(46-31(24)39-27)30(42)38-28(21-36-33(44)45-35(4,5)6)22-9-8-10-26(19-22)37-32(43)41-15-13-40(7)14-16-41/h8-10,17,19-20,25,28H,11-16,18,21H2,1-7H3,(H,36,44)(H,37,43)(H,38,42)/t25-,28-/m1/s1. The third kappa shape index (κ3) is 8.55. The Labute approximate surface area is 276 Å². The van der Waals surface area contributed by atoms with Crippen LogP contribution in [-0.2, 0) is 17.6 Å². The highest BCUT2D eigenvalue weighted by molar-refractivity contribution is 7.20. The normalized spacial score (nSPS) is 18.1. The monoisotopic (exact) mass is 648 g/mol. The van der Waals surface area contributed by atoms with Crippen molar-refractivity contribution in [2.24, 2.45) is 11.3 Å². The fourth-order valence-electron chi connectivity index (χ4n) is 6.00. The van der Waals surface area contributed by atoms with E-state index in [1.165, 1.54) is 16.9 Å². The Kier molecular flexibility index (Phi) is 9.93. The molecule has 3 aromatic rings. The SMILES string of the molecule is CN1CCN(C(=O)Nc2cccc([C@@H](CNC(=O)OC(C)(C)C)NC(=O)c3cc4cc5c(nc4s3)CC[C@@H](C(C)(C)C)C5)c2)CC1. The average Bonchev–Trinajstić information content (AvgIpc) is 3.40. The highest BCUT2D eigenvalue weighted by atomic mass is 32.1. The fraction of sp³-hybridized carbons (Fsp3) is 0.543. The smallest absolute Gasteiger partial charge is 0.407 e. The van der Waals surface area contributed by atoms with Crippen LogP contribution < -0.4 is 16.0 Å². The number of thiophene rings is 1. The third-order valence-electron chi connectivity index (χ3n) is 8.81. The van der Waals surface area contributed by atoms with Gasteiger partial charge < -0.3 is 30.5 Å². The number of aromatic nitrogens is 1. The highest BCUT2D eigenvalue weighted by Gasteiger charge is 2.30. The van der Waals surface area contributed by atoms with Gasteiger partial charge in [-0.2, -0.15) is 0 Å². The minimum absolute atomic E-state index is 0.0994. The summed E-state index contributed by atoms with van der Waals surface area (Å²) >= 11 is 1.38. The quantitative estimate of drug-likeness (QED) is 0.292. The first-order chi connectivity index (χ1) is 21.6. The number of ether oxygens (including phenoxy) is 1. The minimum Gasteiger partial charge on any atom is -0.444 e. The maximum absolute atomic E-state index is 13.7. The van der Waals surface area contributed by atoms with Gasteiger partial charge in [-0.15, -0.1) is 11.3 Å². The topological polar surface area (TPSA) is 116 Å². The summed E-state index contributed by atoms with van der Waals surface area (Å²) in [6.07, 6.45) is 2.50. The number of alkyl carbamates (subject to hydrolysis) is 1. The molecule has 1 aliphatic heterocycles. The Morgan fingerprint density at radius 1 is 1.04 bits per heavy atom. The molecule has 2 aromatic heterocycles. The number of likely N-dealkylation sites (N-methyl/N-ethyl adjacent to an activating group) is 1. The Bertz CT molecular complexity index is 1580. The van der Waals surface area contributed by atoms with Crippen LogP contribution in [0.1, 0.15) is 80.5 Å². The number of carbonyl (C=O) groups is 3. The number of anilines is 1. The number of pyridine rings is 1. The van der Waals surface area contributed by atoms with Crippen molar-refractivity contribution < 1.29 is 19.1 Å². The molecule has 0 bridgehead atoms. The van der Waals surface area contributed by atoms with Crippen LogP contribution in [0.5, 0.6) is 0 Å². The maximum atomic E-state index is 13.7. The van der Waals surface area contributed by atoms with Gasteiger partial charge in [0.1, 0.15) is 10.4 Å². The van der Waals surface area contributed by atoms with E-state index in [0.29, 0.717) is 29.6 Å². The van der Waals surface area contributed by atoms with E-state index >= 15 is 0 Å². The molecule has 1 aliphatic carbocycles. The van der Waals surface area contributed by atoms with Crippen molar-refractivity contribution in [1.29, 1.82) is 0 Å². The molecule has 10 nitrogen and oxygen atoms in total. The van der Waals surface area contributed by atoms with E-state index in [1.54, 1.807) is 25.7 Å². The molecule has 3 N–H and O–H groups in total. The Morgan fingerprint density at radius 2 is 1.78 bits per heavy atom. The number of benzene rings is 1. The zero-order valence-electron chi connectivity index (χ0n) is 28.2. The Morgan fingerprint density at radius 3 is 2.48 bits per heavy atom. The number of urea groups is 1. The van der Waals surface area contributed by atoms with Gasteiger partial charge in [0.15, 0.2) is 0 Å². The van der Waals surface area contributed by atoms with Gasteiger partial charge in [0, 0.05) is 49.5 Å². The molecular formula is C35H48N6O4S.